The number of hydrogen-bond donors (Lipinski definition) is 0. The van der Waals surface area contributed by atoms with E-state index in [0.29, 0.717) is 27.2 Å². The molecule has 2 heterocycles. The molecule has 0 radical (unpaired) electrons. The Bertz CT molecular complexity index is 2020. The third-order valence-electron chi connectivity index (χ3n) is 7.03. The lowest BCUT2D eigenvalue weighted by Gasteiger charge is -2.25. The molecule has 220 valence electrons. The molecule has 5 aromatic rings. The van der Waals surface area contributed by atoms with Crippen LogP contribution < -0.4 is 19.6 Å². The van der Waals surface area contributed by atoms with Crippen molar-refractivity contribution in [3.05, 3.63) is 158 Å². The SMILES string of the molecule is CCOC(=O)C1=C(c2ccccc2)N=c2s/c(=C\c3cc(I)c(OCc4ccccc4)c(I)c3)c(=O)n2[C@@H]1c1ccccc1. The van der Waals surface area contributed by atoms with Crippen molar-refractivity contribution >= 4 is 74.3 Å². The summed E-state index contributed by atoms with van der Waals surface area (Å²) in [5.41, 5.74) is 4.18. The summed E-state index contributed by atoms with van der Waals surface area (Å²) in [6.45, 7) is 2.45. The predicted molar refractivity (Wildman–Crippen MR) is 190 cm³/mol. The van der Waals surface area contributed by atoms with Crippen LogP contribution in [0.4, 0.5) is 0 Å². The normalized spacial score (nSPS) is 14.6. The molecule has 0 unspecified atom stereocenters. The first-order chi connectivity index (χ1) is 21.4. The Morgan fingerprint density at radius 3 is 2.18 bits per heavy atom. The van der Waals surface area contributed by atoms with Gasteiger partial charge in [0.15, 0.2) is 4.80 Å². The highest BCUT2D eigenvalue weighted by Crippen LogP contribution is 2.35. The standard InChI is InChI=1S/C35H26I2N2O4S/c1-2-42-34(41)29-30(24-14-8-4-9-15-24)38-35-39(31(29)25-16-10-5-11-17-25)33(40)28(44-35)20-23-18-26(36)32(27(37)19-23)43-21-22-12-6-3-7-13-22/h3-20,31H,2,21H2,1H3/b28-20-/t31-/m1/s1. The maximum atomic E-state index is 14.1. The molecule has 0 spiro atoms. The molecule has 0 N–H and O–H groups in total. The number of rotatable bonds is 8. The molecule has 1 aromatic heterocycles. The number of carbonyl (C=O) groups is 1. The van der Waals surface area contributed by atoms with E-state index in [9.17, 15) is 9.59 Å². The first-order valence-electron chi connectivity index (χ1n) is 13.9. The van der Waals surface area contributed by atoms with Crippen LogP contribution >= 0.6 is 56.5 Å². The van der Waals surface area contributed by atoms with Crippen LogP contribution in [0.2, 0.25) is 0 Å². The summed E-state index contributed by atoms with van der Waals surface area (Å²) in [7, 11) is 0. The zero-order valence-electron chi connectivity index (χ0n) is 23.6. The van der Waals surface area contributed by atoms with E-state index in [0.717, 1.165) is 35.1 Å². The minimum atomic E-state index is -0.696. The molecule has 1 aliphatic heterocycles. The van der Waals surface area contributed by atoms with Crippen LogP contribution in [0.5, 0.6) is 5.75 Å². The van der Waals surface area contributed by atoms with Crippen molar-refractivity contribution in [3.63, 3.8) is 0 Å². The minimum absolute atomic E-state index is 0.207. The Labute approximate surface area is 285 Å². The van der Waals surface area contributed by atoms with Crippen LogP contribution in [0, 0.1) is 7.14 Å². The quantitative estimate of drug-likeness (QED) is 0.129. The number of carbonyl (C=O) groups excluding carboxylic acids is 1. The van der Waals surface area contributed by atoms with Gasteiger partial charge in [0.2, 0.25) is 0 Å². The zero-order valence-corrected chi connectivity index (χ0v) is 28.7. The number of nitrogens with zero attached hydrogens (tertiary/aromatic N) is 2. The lowest BCUT2D eigenvalue weighted by molar-refractivity contribution is -0.138. The van der Waals surface area contributed by atoms with Gasteiger partial charge in [0.1, 0.15) is 12.4 Å². The summed E-state index contributed by atoms with van der Waals surface area (Å²) < 4.78 is 15.7. The topological polar surface area (TPSA) is 69.9 Å². The van der Waals surface area contributed by atoms with Crippen LogP contribution in [0.25, 0.3) is 11.8 Å². The number of fused-ring (bicyclic) bond motifs is 1. The second kappa shape index (κ2) is 13.6. The van der Waals surface area contributed by atoms with Gasteiger partial charge in [-0.3, -0.25) is 9.36 Å². The van der Waals surface area contributed by atoms with Crippen molar-refractivity contribution < 1.29 is 14.3 Å². The lowest BCUT2D eigenvalue weighted by Crippen LogP contribution is -2.40. The summed E-state index contributed by atoms with van der Waals surface area (Å²) in [5, 5.41) is 0. The van der Waals surface area contributed by atoms with Gasteiger partial charge in [0.25, 0.3) is 5.56 Å². The van der Waals surface area contributed by atoms with Crippen LogP contribution in [0.15, 0.2) is 118 Å². The molecule has 0 aliphatic carbocycles. The fourth-order valence-electron chi connectivity index (χ4n) is 5.07. The fourth-order valence-corrected chi connectivity index (χ4v) is 8.20. The monoisotopic (exact) mass is 824 g/mol. The molecule has 1 aliphatic rings. The number of ether oxygens (including phenoxy) is 2. The highest BCUT2D eigenvalue weighted by Gasteiger charge is 2.35. The zero-order chi connectivity index (χ0) is 30.6. The molecule has 0 bridgehead atoms. The van der Waals surface area contributed by atoms with Gasteiger partial charge in [-0.25, -0.2) is 9.79 Å². The molecule has 9 heteroatoms. The number of thiazole rings is 1. The van der Waals surface area contributed by atoms with Crippen molar-refractivity contribution in [2.24, 2.45) is 4.99 Å². The van der Waals surface area contributed by atoms with Crippen LogP contribution in [-0.4, -0.2) is 17.1 Å². The van der Waals surface area contributed by atoms with Gasteiger partial charge < -0.3 is 9.47 Å². The maximum absolute atomic E-state index is 14.1. The maximum Gasteiger partial charge on any atom is 0.338 e. The average molecular weight is 824 g/mol. The minimum Gasteiger partial charge on any atom is -0.487 e. The Morgan fingerprint density at radius 1 is 0.932 bits per heavy atom. The lowest BCUT2D eigenvalue weighted by atomic mass is 9.93. The number of aromatic nitrogens is 1. The van der Waals surface area contributed by atoms with E-state index >= 15 is 0 Å². The number of hydrogen-bond acceptors (Lipinski definition) is 6. The van der Waals surface area contributed by atoms with E-state index in [1.807, 2.05) is 109 Å². The highest BCUT2D eigenvalue weighted by molar-refractivity contribution is 14.1. The number of benzene rings is 4. The van der Waals surface area contributed by atoms with Crippen LogP contribution in [-0.2, 0) is 16.1 Å². The smallest absolute Gasteiger partial charge is 0.338 e. The average Bonchev–Trinajstić information content (AvgIpc) is 3.35. The number of halogens is 2. The third-order valence-corrected chi connectivity index (χ3v) is 9.62. The largest absolute Gasteiger partial charge is 0.487 e. The highest BCUT2D eigenvalue weighted by atomic mass is 127. The summed E-state index contributed by atoms with van der Waals surface area (Å²) in [5.74, 6) is 0.317. The molecule has 1 atom stereocenters. The van der Waals surface area contributed by atoms with Crippen molar-refractivity contribution in [1.82, 2.24) is 4.57 Å². The second-order valence-corrected chi connectivity index (χ2v) is 13.3. The predicted octanol–water partition coefficient (Wildman–Crippen LogP) is 6.72. The summed E-state index contributed by atoms with van der Waals surface area (Å²) in [6, 6.07) is 32.5. The molecule has 4 aromatic carbocycles. The van der Waals surface area contributed by atoms with Gasteiger partial charge in [0, 0.05) is 5.56 Å². The van der Waals surface area contributed by atoms with E-state index in [-0.39, 0.29) is 12.2 Å². The summed E-state index contributed by atoms with van der Waals surface area (Å²) in [6.07, 6.45) is 1.88. The third kappa shape index (κ3) is 6.31. The summed E-state index contributed by atoms with van der Waals surface area (Å²) in [4.78, 5) is 33.1. The van der Waals surface area contributed by atoms with E-state index in [1.165, 1.54) is 11.3 Å². The van der Waals surface area contributed by atoms with E-state index in [1.54, 1.807) is 11.5 Å². The molecule has 6 nitrogen and oxygen atoms in total. The van der Waals surface area contributed by atoms with Gasteiger partial charge in [-0.1, -0.05) is 102 Å². The van der Waals surface area contributed by atoms with Gasteiger partial charge in [-0.2, -0.15) is 0 Å². The molecular formula is C35H26I2N2O4S. The molecule has 0 amide bonds. The van der Waals surface area contributed by atoms with Crippen molar-refractivity contribution in [3.8, 4) is 5.75 Å². The molecule has 0 saturated heterocycles. The van der Waals surface area contributed by atoms with Crippen LogP contribution in [0.3, 0.4) is 0 Å². The van der Waals surface area contributed by atoms with Gasteiger partial charge >= 0.3 is 5.97 Å². The molecular weight excluding hydrogens is 798 g/mol. The molecule has 0 fully saturated rings. The molecule has 44 heavy (non-hydrogen) atoms. The van der Waals surface area contributed by atoms with Crippen molar-refractivity contribution in [2.75, 3.05) is 6.61 Å². The van der Waals surface area contributed by atoms with Gasteiger partial charge in [-0.05, 0) is 87.0 Å². The first-order valence-corrected chi connectivity index (χ1v) is 16.9. The second-order valence-electron chi connectivity index (χ2n) is 9.93. The summed E-state index contributed by atoms with van der Waals surface area (Å²) >= 11 is 5.86. The van der Waals surface area contributed by atoms with Crippen LogP contribution in [0.1, 0.15) is 35.2 Å². The first kappa shape index (κ1) is 30.5. The Balaban J connectivity index is 1.48. The van der Waals surface area contributed by atoms with E-state index < -0.39 is 12.0 Å². The fraction of sp³-hybridized carbons (Fsp3) is 0.114. The molecule has 6 rings (SSSR count). The van der Waals surface area contributed by atoms with Crippen molar-refractivity contribution in [2.45, 2.75) is 19.6 Å². The Morgan fingerprint density at radius 2 is 1.55 bits per heavy atom. The van der Waals surface area contributed by atoms with Gasteiger partial charge in [-0.15, -0.1) is 0 Å². The Hall–Kier alpha value is -3.55. The number of esters is 1. The Kier molecular flexibility index (Phi) is 9.43. The van der Waals surface area contributed by atoms with Gasteiger partial charge in [0.05, 0.1) is 35.6 Å². The molecule has 0 saturated carbocycles. The van der Waals surface area contributed by atoms with E-state index in [4.69, 9.17) is 14.5 Å². The van der Waals surface area contributed by atoms with Crippen molar-refractivity contribution in [1.29, 1.82) is 0 Å². The van der Waals surface area contributed by atoms with E-state index in [2.05, 4.69) is 45.2 Å².